The van der Waals surface area contributed by atoms with Gasteiger partial charge >= 0.3 is 5.97 Å². The van der Waals surface area contributed by atoms with Gasteiger partial charge in [0.1, 0.15) is 0 Å². The van der Waals surface area contributed by atoms with E-state index < -0.39 is 18.2 Å². The largest absolute Gasteiger partial charge is 0.478 e. The zero-order valence-corrected chi connectivity index (χ0v) is 13.9. The van der Waals surface area contributed by atoms with Gasteiger partial charge in [-0.05, 0) is 56.6 Å². The Kier molecular flexibility index (Phi) is 5.01. The van der Waals surface area contributed by atoms with Gasteiger partial charge in [0.05, 0.1) is 0 Å². The number of hydrogen-bond acceptors (Lipinski definition) is 1. The summed E-state index contributed by atoms with van der Waals surface area (Å²) < 4.78 is 23.8. The van der Waals surface area contributed by atoms with Crippen molar-refractivity contribution in [3.8, 4) is 0 Å². The van der Waals surface area contributed by atoms with Gasteiger partial charge in [0, 0.05) is 10.2 Å². The maximum Gasteiger partial charge on any atom is 0.328 e. The third-order valence-electron chi connectivity index (χ3n) is 3.87. The minimum absolute atomic E-state index is 0.654. The lowest BCUT2D eigenvalue weighted by molar-refractivity contribution is -0.131. The molecule has 0 bridgehead atoms. The minimum atomic E-state index is -2.02. The SMILES string of the molecule is [2H]C([2H])([2H])C1(C)CCCC(C)=C1C=CC(C)=CC=CC(C)=CC(=O)O. The fourth-order valence-electron chi connectivity index (χ4n) is 2.64. The van der Waals surface area contributed by atoms with Crippen LogP contribution in [0.3, 0.4) is 0 Å². The quantitative estimate of drug-likeness (QED) is 0.530. The fourth-order valence-corrected chi connectivity index (χ4v) is 2.64. The second-order valence-electron chi connectivity index (χ2n) is 6.21. The van der Waals surface area contributed by atoms with E-state index in [1.165, 1.54) is 0 Å². The highest BCUT2D eigenvalue weighted by molar-refractivity contribution is 5.81. The van der Waals surface area contributed by atoms with E-state index in [1.807, 2.05) is 39.0 Å². The summed E-state index contributed by atoms with van der Waals surface area (Å²) in [6.45, 7) is 5.48. The molecule has 120 valence electrons. The summed E-state index contributed by atoms with van der Waals surface area (Å²) >= 11 is 0. The van der Waals surface area contributed by atoms with Crippen LogP contribution in [-0.4, -0.2) is 11.1 Å². The predicted octanol–water partition coefficient (Wildman–Crippen LogP) is 5.60. The molecule has 2 heteroatoms. The first-order chi connectivity index (χ1) is 11.5. The molecule has 1 rings (SSSR count). The maximum atomic E-state index is 10.6. The van der Waals surface area contributed by atoms with Crippen LogP contribution >= 0.6 is 0 Å². The number of hydrogen-bond donors (Lipinski definition) is 1. The first kappa shape index (κ1) is 13.8. The molecule has 1 aliphatic carbocycles. The zero-order valence-electron chi connectivity index (χ0n) is 16.9. The van der Waals surface area contributed by atoms with Crippen molar-refractivity contribution in [1.82, 2.24) is 0 Å². The lowest BCUT2D eigenvalue weighted by atomic mass is 9.72. The Labute approximate surface area is 138 Å². The molecule has 1 unspecified atom stereocenters. The molecule has 2 nitrogen and oxygen atoms in total. The van der Waals surface area contributed by atoms with Crippen LogP contribution in [0.2, 0.25) is 0 Å². The van der Waals surface area contributed by atoms with Crippen molar-refractivity contribution < 1.29 is 14.0 Å². The third-order valence-corrected chi connectivity index (χ3v) is 3.87. The molecule has 0 aromatic heterocycles. The van der Waals surface area contributed by atoms with Gasteiger partial charge in [-0.15, -0.1) is 0 Å². The Hall–Kier alpha value is -1.83. The molecule has 0 aromatic rings. The molecule has 0 aromatic carbocycles. The number of aliphatic carboxylic acids is 1. The topological polar surface area (TPSA) is 37.3 Å². The average Bonchev–Trinajstić information content (AvgIpc) is 2.44. The number of allylic oxidation sites excluding steroid dienone is 9. The van der Waals surface area contributed by atoms with Gasteiger partial charge in [0.2, 0.25) is 0 Å². The Morgan fingerprint density at radius 3 is 2.68 bits per heavy atom. The average molecular weight is 303 g/mol. The summed E-state index contributed by atoms with van der Waals surface area (Å²) in [4.78, 5) is 10.6. The number of carboxylic acid groups (broad SMARTS) is 1. The molecule has 22 heavy (non-hydrogen) atoms. The Bertz CT molecular complexity index is 661. The normalized spacial score (nSPS) is 27.2. The fraction of sp³-hybridized carbons (Fsp3) is 0.450. The molecule has 0 saturated heterocycles. The van der Waals surface area contributed by atoms with Crippen LogP contribution in [0.4, 0.5) is 0 Å². The van der Waals surface area contributed by atoms with E-state index in [9.17, 15) is 4.79 Å². The first-order valence-corrected chi connectivity index (χ1v) is 7.62. The van der Waals surface area contributed by atoms with Crippen LogP contribution in [0.25, 0.3) is 0 Å². The van der Waals surface area contributed by atoms with Crippen LogP contribution in [0.1, 0.15) is 57.9 Å². The molecule has 0 amide bonds. The van der Waals surface area contributed by atoms with E-state index in [0.717, 1.165) is 35.6 Å². The highest BCUT2D eigenvalue weighted by Crippen LogP contribution is 2.40. The molecule has 0 aliphatic heterocycles. The molecule has 1 aliphatic rings. The molecule has 1 atom stereocenters. The van der Waals surface area contributed by atoms with E-state index >= 15 is 0 Å². The van der Waals surface area contributed by atoms with E-state index in [2.05, 4.69) is 0 Å². The standard InChI is InChI=1S/C20H28O2/c1-15(8-6-9-16(2)14-19(21)22)11-12-18-17(3)10-7-13-20(18,4)5/h6,8-9,11-12,14H,7,10,13H2,1-5H3,(H,21,22)/i4D3. The lowest BCUT2D eigenvalue weighted by Crippen LogP contribution is -2.19. The van der Waals surface area contributed by atoms with Gasteiger partial charge in [0.15, 0.2) is 0 Å². The second kappa shape index (κ2) is 7.98. The molecular formula is C20H28O2. The van der Waals surface area contributed by atoms with E-state index in [-0.39, 0.29) is 0 Å². The Morgan fingerprint density at radius 2 is 2.05 bits per heavy atom. The number of rotatable bonds is 5. The zero-order chi connectivity index (χ0) is 19.3. The summed E-state index contributed by atoms with van der Waals surface area (Å²) in [5.74, 6) is -0.966. The van der Waals surface area contributed by atoms with Gasteiger partial charge in [0.25, 0.3) is 0 Å². The van der Waals surface area contributed by atoms with E-state index in [1.54, 1.807) is 19.1 Å². The molecule has 0 saturated carbocycles. The number of carbonyl (C=O) groups is 1. The lowest BCUT2D eigenvalue weighted by Gasteiger charge is -2.32. The molecule has 0 spiro atoms. The van der Waals surface area contributed by atoms with Crippen molar-refractivity contribution >= 4 is 5.97 Å². The van der Waals surface area contributed by atoms with Crippen molar-refractivity contribution in [2.45, 2.75) is 53.8 Å². The Balaban J connectivity index is 3.00. The van der Waals surface area contributed by atoms with Crippen molar-refractivity contribution in [1.29, 1.82) is 0 Å². The second-order valence-corrected chi connectivity index (χ2v) is 6.21. The van der Waals surface area contributed by atoms with Gasteiger partial charge < -0.3 is 5.11 Å². The number of carboxylic acids is 1. The van der Waals surface area contributed by atoms with E-state index in [0.29, 0.717) is 12.0 Å². The summed E-state index contributed by atoms with van der Waals surface area (Å²) in [6.07, 6.45) is 12.9. The third kappa shape index (κ3) is 5.88. The molecule has 1 N–H and O–H groups in total. The summed E-state index contributed by atoms with van der Waals surface area (Å²) in [6, 6.07) is 0. The van der Waals surface area contributed by atoms with Gasteiger partial charge in [-0.25, -0.2) is 4.79 Å². The highest BCUT2D eigenvalue weighted by Gasteiger charge is 2.26. The smallest absolute Gasteiger partial charge is 0.328 e. The molecular weight excluding hydrogens is 272 g/mol. The van der Waals surface area contributed by atoms with Crippen molar-refractivity contribution in [3.05, 3.63) is 58.7 Å². The summed E-state index contributed by atoms with van der Waals surface area (Å²) in [7, 11) is 0. The van der Waals surface area contributed by atoms with Crippen molar-refractivity contribution in [2.75, 3.05) is 0 Å². The monoisotopic (exact) mass is 303 g/mol. The molecule has 0 heterocycles. The van der Waals surface area contributed by atoms with Crippen molar-refractivity contribution in [3.63, 3.8) is 0 Å². The van der Waals surface area contributed by atoms with Crippen molar-refractivity contribution in [2.24, 2.45) is 5.41 Å². The Morgan fingerprint density at radius 1 is 1.32 bits per heavy atom. The van der Waals surface area contributed by atoms with Gasteiger partial charge in [-0.3, -0.25) is 0 Å². The minimum Gasteiger partial charge on any atom is -0.478 e. The molecule has 0 fully saturated rings. The predicted molar refractivity (Wildman–Crippen MR) is 93.8 cm³/mol. The van der Waals surface area contributed by atoms with E-state index in [4.69, 9.17) is 9.22 Å². The van der Waals surface area contributed by atoms with Crippen LogP contribution in [-0.2, 0) is 4.79 Å². The highest BCUT2D eigenvalue weighted by atomic mass is 16.4. The van der Waals surface area contributed by atoms with Crippen LogP contribution in [0, 0.1) is 5.41 Å². The van der Waals surface area contributed by atoms with Crippen LogP contribution < -0.4 is 0 Å². The molecule has 0 radical (unpaired) electrons. The summed E-state index contributed by atoms with van der Waals surface area (Å²) in [5.41, 5.74) is 2.88. The van der Waals surface area contributed by atoms with Gasteiger partial charge in [-0.2, -0.15) is 0 Å². The van der Waals surface area contributed by atoms with Gasteiger partial charge in [-0.1, -0.05) is 55.3 Å². The first-order valence-electron chi connectivity index (χ1n) is 9.12. The van der Waals surface area contributed by atoms with Crippen LogP contribution in [0.15, 0.2) is 58.7 Å². The van der Waals surface area contributed by atoms with Crippen LogP contribution in [0.5, 0.6) is 0 Å². The summed E-state index contributed by atoms with van der Waals surface area (Å²) in [5, 5.41) is 8.67. The maximum absolute atomic E-state index is 10.6.